The number of carbonyl (C=O) groups excluding carboxylic acids is 3. The first-order chi connectivity index (χ1) is 30.2. The average molecular weight is 877 g/mol. The number of rotatable bonds is 50. The molecule has 0 aliphatic heterocycles. The van der Waals surface area contributed by atoms with Gasteiger partial charge in [-0.2, -0.15) is 0 Å². The molecule has 0 saturated carbocycles. The minimum Gasteiger partial charge on any atom is -0.462 e. The van der Waals surface area contributed by atoms with E-state index in [1.54, 1.807) is 0 Å². The molecule has 0 saturated heterocycles. The van der Waals surface area contributed by atoms with Crippen LogP contribution in [0, 0.1) is 11.8 Å². The summed E-state index contributed by atoms with van der Waals surface area (Å²) in [5.41, 5.74) is 0. The molecule has 0 aromatic heterocycles. The van der Waals surface area contributed by atoms with Gasteiger partial charge in [-0.25, -0.2) is 0 Å². The quantitative estimate of drug-likeness (QED) is 0.0344. The van der Waals surface area contributed by atoms with Crippen LogP contribution in [-0.4, -0.2) is 37.2 Å². The summed E-state index contributed by atoms with van der Waals surface area (Å²) in [4.78, 5) is 38.0. The zero-order valence-corrected chi connectivity index (χ0v) is 42.5. The predicted octanol–water partition coefficient (Wildman–Crippen LogP) is 18.1. The molecule has 0 aliphatic rings. The van der Waals surface area contributed by atoms with Gasteiger partial charge in [-0.05, 0) is 31.1 Å². The summed E-state index contributed by atoms with van der Waals surface area (Å²) in [6.07, 6.45) is 51.0. The summed E-state index contributed by atoms with van der Waals surface area (Å²) in [6.45, 7) is 11.4. The fourth-order valence-electron chi connectivity index (χ4n) is 8.52. The van der Waals surface area contributed by atoms with E-state index in [4.69, 9.17) is 14.2 Å². The zero-order chi connectivity index (χ0) is 45.4. The molecule has 0 fully saturated rings. The van der Waals surface area contributed by atoms with Gasteiger partial charge in [0.15, 0.2) is 6.10 Å². The summed E-state index contributed by atoms with van der Waals surface area (Å²) >= 11 is 0. The largest absolute Gasteiger partial charge is 0.462 e. The number of hydrogen-bond donors (Lipinski definition) is 0. The van der Waals surface area contributed by atoms with Crippen molar-refractivity contribution in [1.82, 2.24) is 0 Å². The van der Waals surface area contributed by atoms with E-state index < -0.39 is 6.10 Å². The molecule has 0 heterocycles. The summed E-state index contributed by atoms with van der Waals surface area (Å²) in [5, 5.41) is 0. The van der Waals surface area contributed by atoms with Crippen LogP contribution in [0.4, 0.5) is 0 Å². The van der Waals surface area contributed by atoms with E-state index in [9.17, 15) is 14.4 Å². The molecule has 0 unspecified atom stereocenters. The molecule has 6 nitrogen and oxygen atoms in total. The van der Waals surface area contributed by atoms with Crippen LogP contribution in [0.15, 0.2) is 0 Å². The van der Waals surface area contributed by atoms with Crippen molar-refractivity contribution < 1.29 is 28.6 Å². The van der Waals surface area contributed by atoms with Gasteiger partial charge in [-0.15, -0.1) is 0 Å². The first kappa shape index (κ1) is 60.4. The molecular weight excluding hydrogens is 769 g/mol. The minimum atomic E-state index is -0.762. The summed E-state index contributed by atoms with van der Waals surface area (Å²) in [7, 11) is 0. The maximum atomic E-state index is 12.8. The fraction of sp³-hybridized carbons (Fsp3) is 0.946. The van der Waals surface area contributed by atoms with Crippen molar-refractivity contribution in [3.63, 3.8) is 0 Å². The predicted molar refractivity (Wildman–Crippen MR) is 266 cm³/mol. The van der Waals surface area contributed by atoms with Gasteiger partial charge in [-0.1, -0.05) is 272 Å². The highest BCUT2D eigenvalue weighted by molar-refractivity contribution is 5.71. The second-order valence-electron chi connectivity index (χ2n) is 20.2. The monoisotopic (exact) mass is 877 g/mol. The third-order valence-electron chi connectivity index (χ3n) is 12.7. The Morgan fingerprint density at radius 3 is 0.790 bits per heavy atom. The van der Waals surface area contributed by atoms with Gasteiger partial charge in [0.05, 0.1) is 0 Å². The minimum absolute atomic E-state index is 0.0635. The summed E-state index contributed by atoms with van der Waals surface area (Å²) in [5.74, 6) is 0.789. The van der Waals surface area contributed by atoms with E-state index in [-0.39, 0.29) is 31.1 Å². The van der Waals surface area contributed by atoms with Crippen LogP contribution in [0.25, 0.3) is 0 Å². The van der Waals surface area contributed by atoms with Crippen molar-refractivity contribution in [2.45, 2.75) is 317 Å². The first-order valence-electron chi connectivity index (χ1n) is 27.7. The Labute approximate surface area is 387 Å². The first-order valence-corrected chi connectivity index (χ1v) is 27.7. The van der Waals surface area contributed by atoms with Gasteiger partial charge in [0.2, 0.25) is 0 Å². The second kappa shape index (κ2) is 48.9. The Morgan fingerprint density at radius 2 is 0.532 bits per heavy atom. The SMILES string of the molecule is CCCCCCCCCCCCCCCCCC(=O)O[C@H](COC(=O)CCCCCCCCCCCCCCCCCCC(C)C)COC(=O)CCCCCCCCCC(C)C. The fourth-order valence-corrected chi connectivity index (χ4v) is 8.52. The van der Waals surface area contributed by atoms with Crippen LogP contribution < -0.4 is 0 Å². The van der Waals surface area contributed by atoms with E-state index in [2.05, 4.69) is 34.6 Å². The molecule has 0 spiro atoms. The molecule has 62 heavy (non-hydrogen) atoms. The van der Waals surface area contributed by atoms with Gasteiger partial charge in [-0.3, -0.25) is 14.4 Å². The molecule has 0 amide bonds. The third-order valence-corrected chi connectivity index (χ3v) is 12.7. The van der Waals surface area contributed by atoms with E-state index in [0.717, 1.165) is 69.6 Å². The summed E-state index contributed by atoms with van der Waals surface area (Å²) in [6, 6.07) is 0. The normalized spacial score (nSPS) is 12.0. The molecule has 0 bridgehead atoms. The highest BCUT2D eigenvalue weighted by atomic mass is 16.6. The zero-order valence-electron chi connectivity index (χ0n) is 42.5. The number of ether oxygens (including phenoxy) is 3. The van der Waals surface area contributed by atoms with Crippen molar-refractivity contribution in [3.05, 3.63) is 0 Å². The molecule has 0 N–H and O–H groups in total. The molecule has 0 radical (unpaired) electrons. The Balaban J connectivity index is 4.24. The second-order valence-corrected chi connectivity index (χ2v) is 20.2. The molecule has 0 rings (SSSR count). The lowest BCUT2D eigenvalue weighted by Gasteiger charge is -2.18. The topological polar surface area (TPSA) is 78.9 Å². The molecule has 1 atom stereocenters. The Bertz CT molecular complexity index is 947. The number of carbonyl (C=O) groups is 3. The lowest BCUT2D eigenvalue weighted by atomic mass is 10.0. The molecular formula is C56H108O6. The Morgan fingerprint density at radius 1 is 0.306 bits per heavy atom. The van der Waals surface area contributed by atoms with Gasteiger partial charge in [0.1, 0.15) is 13.2 Å². The van der Waals surface area contributed by atoms with Crippen molar-refractivity contribution in [1.29, 1.82) is 0 Å². The number of unbranched alkanes of at least 4 members (excludes halogenated alkanes) is 35. The molecule has 0 aliphatic carbocycles. The molecule has 368 valence electrons. The van der Waals surface area contributed by atoms with Crippen LogP contribution in [0.3, 0.4) is 0 Å². The maximum Gasteiger partial charge on any atom is 0.306 e. The van der Waals surface area contributed by atoms with E-state index in [1.165, 1.54) is 199 Å². The van der Waals surface area contributed by atoms with Crippen LogP contribution in [-0.2, 0) is 28.6 Å². The molecule has 6 heteroatoms. The smallest absolute Gasteiger partial charge is 0.306 e. The van der Waals surface area contributed by atoms with E-state index in [1.807, 2.05) is 0 Å². The van der Waals surface area contributed by atoms with Crippen molar-refractivity contribution >= 4 is 17.9 Å². The Kier molecular flexibility index (Phi) is 47.6. The standard InChI is InChI=1S/C56H108O6/c1-6-7-8-9-10-11-12-13-16-21-24-27-32-38-43-48-56(59)62-53(50-61-55(58)47-42-37-33-28-30-35-40-45-52(4)5)49-60-54(57)46-41-36-31-26-23-20-18-15-14-17-19-22-25-29-34-39-44-51(2)3/h51-53H,6-50H2,1-5H3/t53-/m1/s1. The number of hydrogen-bond acceptors (Lipinski definition) is 6. The van der Waals surface area contributed by atoms with Gasteiger partial charge in [0.25, 0.3) is 0 Å². The average Bonchev–Trinajstić information content (AvgIpc) is 3.24. The maximum absolute atomic E-state index is 12.8. The van der Waals surface area contributed by atoms with Gasteiger partial charge < -0.3 is 14.2 Å². The lowest BCUT2D eigenvalue weighted by Crippen LogP contribution is -2.30. The lowest BCUT2D eigenvalue weighted by molar-refractivity contribution is -0.167. The van der Waals surface area contributed by atoms with Crippen LogP contribution in [0.5, 0.6) is 0 Å². The number of esters is 3. The highest BCUT2D eigenvalue weighted by Gasteiger charge is 2.19. The van der Waals surface area contributed by atoms with E-state index >= 15 is 0 Å². The van der Waals surface area contributed by atoms with Crippen LogP contribution >= 0.6 is 0 Å². The Hall–Kier alpha value is -1.59. The highest BCUT2D eigenvalue weighted by Crippen LogP contribution is 2.18. The van der Waals surface area contributed by atoms with Gasteiger partial charge >= 0.3 is 17.9 Å². The molecule has 0 aromatic rings. The van der Waals surface area contributed by atoms with Crippen molar-refractivity contribution in [3.8, 4) is 0 Å². The van der Waals surface area contributed by atoms with Crippen molar-refractivity contribution in [2.24, 2.45) is 11.8 Å². The van der Waals surface area contributed by atoms with Crippen molar-refractivity contribution in [2.75, 3.05) is 13.2 Å². The van der Waals surface area contributed by atoms with Gasteiger partial charge in [0, 0.05) is 19.3 Å². The van der Waals surface area contributed by atoms with Crippen LogP contribution in [0.1, 0.15) is 311 Å². The van der Waals surface area contributed by atoms with Crippen LogP contribution in [0.2, 0.25) is 0 Å². The summed E-state index contributed by atoms with van der Waals surface area (Å²) < 4.78 is 16.8. The van der Waals surface area contributed by atoms with E-state index in [0.29, 0.717) is 19.3 Å². The molecule has 0 aromatic carbocycles. The third kappa shape index (κ3) is 49.4.